The summed E-state index contributed by atoms with van der Waals surface area (Å²) >= 11 is 6.15. The molecule has 1 aliphatic carbocycles. The summed E-state index contributed by atoms with van der Waals surface area (Å²) in [7, 11) is -2.23. The van der Waals surface area contributed by atoms with Gasteiger partial charge in [-0.3, -0.25) is 0 Å². The molecule has 2 aromatic heterocycles. The quantitative estimate of drug-likeness (QED) is 0.417. The van der Waals surface area contributed by atoms with Gasteiger partial charge in [0.1, 0.15) is 24.8 Å². The smallest absolute Gasteiger partial charge is 0.159 e. The van der Waals surface area contributed by atoms with Crippen molar-refractivity contribution in [3.8, 4) is 0 Å². The van der Waals surface area contributed by atoms with Crippen LogP contribution in [0.1, 0.15) is 39.2 Å². The van der Waals surface area contributed by atoms with Crippen molar-refractivity contribution in [1.82, 2.24) is 14.5 Å². The van der Waals surface area contributed by atoms with Gasteiger partial charge in [0.05, 0.1) is 24.0 Å². The van der Waals surface area contributed by atoms with Crippen LogP contribution in [0.25, 0.3) is 11.0 Å². The number of fused-ring (bicyclic) bond motifs is 1. The molecule has 26 heavy (non-hydrogen) atoms. The Morgan fingerprint density at radius 2 is 2.27 bits per heavy atom. The van der Waals surface area contributed by atoms with Crippen LogP contribution < -0.4 is 5.73 Å². The maximum atomic E-state index is 12.6. The third kappa shape index (κ3) is 4.13. The minimum atomic E-state index is -2.23. The van der Waals surface area contributed by atoms with Gasteiger partial charge in [0.25, 0.3) is 0 Å². The molecule has 6 nitrogen and oxygen atoms in total. The Hall–Kier alpha value is -1.36. The number of rotatable bonds is 7. The number of anilines is 1. The van der Waals surface area contributed by atoms with Crippen LogP contribution >= 0.6 is 18.7 Å². The van der Waals surface area contributed by atoms with E-state index < -0.39 is 7.14 Å². The molecule has 0 spiro atoms. The maximum Gasteiger partial charge on any atom is 0.159 e. The van der Waals surface area contributed by atoms with Crippen LogP contribution in [0.15, 0.2) is 24.0 Å². The largest absolute Gasteiger partial charge is 0.384 e. The van der Waals surface area contributed by atoms with Crippen LogP contribution in [0.5, 0.6) is 0 Å². The molecule has 0 saturated carbocycles. The zero-order chi connectivity index (χ0) is 18.9. The first-order chi connectivity index (χ1) is 12.3. The van der Waals surface area contributed by atoms with Gasteiger partial charge in [-0.25, -0.2) is 9.97 Å². The van der Waals surface area contributed by atoms with Crippen molar-refractivity contribution in [2.24, 2.45) is 0 Å². The van der Waals surface area contributed by atoms with E-state index in [4.69, 9.17) is 22.1 Å². The molecule has 2 heterocycles. The lowest BCUT2D eigenvalue weighted by Crippen LogP contribution is -2.13. The van der Waals surface area contributed by atoms with Crippen molar-refractivity contribution in [2.75, 3.05) is 24.9 Å². The van der Waals surface area contributed by atoms with Gasteiger partial charge in [-0.2, -0.15) is 0 Å². The van der Waals surface area contributed by atoms with Gasteiger partial charge in [-0.05, 0) is 20.0 Å². The van der Waals surface area contributed by atoms with Crippen molar-refractivity contribution in [3.05, 3.63) is 29.2 Å². The summed E-state index contributed by atoms with van der Waals surface area (Å²) in [5.41, 5.74) is 8.55. The molecular weight excluding hydrogens is 371 g/mol. The van der Waals surface area contributed by atoms with E-state index in [1.807, 2.05) is 6.66 Å². The molecule has 0 aliphatic heterocycles. The molecule has 0 fully saturated rings. The third-order valence-corrected chi connectivity index (χ3v) is 7.07. The zero-order valence-electron chi connectivity index (χ0n) is 15.5. The number of ether oxygens (including phenoxy) is 1. The summed E-state index contributed by atoms with van der Waals surface area (Å²) in [5.74, 6) is 0.375. The van der Waals surface area contributed by atoms with Gasteiger partial charge < -0.3 is 19.6 Å². The van der Waals surface area contributed by atoms with E-state index in [0.717, 1.165) is 30.9 Å². The van der Waals surface area contributed by atoms with Gasteiger partial charge in [0, 0.05) is 18.6 Å². The molecule has 142 valence electrons. The van der Waals surface area contributed by atoms with Crippen molar-refractivity contribution < 1.29 is 9.30 Å². The molecule has 0 amide bonds. The Kier molecular flexibility index (Phi) is 5.75. The molecule has 0 saturated heterocycles. The minimum Gasteiger partial charge on any atom is -0.384 e. The molecule has 1 aliphatic rings. The lowest BCUT2D eigenvalue weighted by atomic mass is 10.1. The van der Waals surface area contributed by atoms with E-state index in [-0.39, 0.29) is 12.1 Å². The first-order valence-corrected chi connectivity index (χ1v) is 11.8. The summed E-state index contributed by atoms with van der Waals surface area (Å²) in [6, 6.07) is 1.91. The summed E-state index contributed by atoms with van der Waals surface area (Å²) in [6.45, 7) is 6.03. The zero-order valence-corrected chi connectivity index (χ0v) is 17.1. The summed E-state index contributed by atoms with van der Waals surface area (Å²) < 4.78 is 20.6. The van der Waals surface area contributed by atoms with Crippen LogP contribution in [0.2, 0.25) is 5.15 Å². The minimum absolute atomic E-state index is 0.0398. The molecule has 0 aromatic carbocycles. The number of nitrogens with two attached hydrogens (primary N) is 1. The van der Waals surface area contributed by atoms with Crippen LogP contribution in [-0.4, -0.2) is 39.8 Å². The number of aromatic nitrogens is 3. The SMILES string of the molecule is CCCCP(C)(=O)CO[C@@H]1C=C(C)[C@H](n2cnc3c(Cl)nc(N)cc32)C1. The number of hydrogen-bond donors (Lipinski definition) is 1. The number of unbranched alkanes of at least 4 members (excludes halogenated alkanes) is 1. The Bertz CT molecular complexity index is 879. The molecular formula is C18H26ClN4O2P. The number of halogens is 1. The van der Waals surface area contributed by atoms with Crippen LogP contribution in [0.4, 0.5) is 5.82 Å². The van der Waals surface area contributed by atoms with Gasteiger partial charge in [0.15, 0.2) is 5.15 Å². The standard InChI is InChI=1S/C18H26ClN4O2P/c1-4-5-6-26(3,24)11-25-13-7-12(2)14(8-13)23-10-21-17-15(23)9-16(20)22-18(17)19/h7,9-10,13-14H,4-6,8,11H2,1-3H3,(H2,20,22)/t13-,14-,26?/m1/s1. The fourth-order valence-electron chi connectivity index (χ4n) is 3.40. The molecule has 0 bridgehead atoms. The highest BCUT2D eigenvalue weighted by atomic mass is 35.5. The number of nitrogens with zero attached hydrogens (tertiary/aromatic N) is 3. The van der Waals surface area contributed by atoms with Gasteiger partial charge in [-0.1, -0.05) is 36.6 Å². The summed E-state index contributed by atoms with van der Waals surface area (Å²) in [4.78, 5) is 8.44. The van der Waals surface area contributed by atoms with Crippen LogP contribution in [-0.2, 0) is 9.30 Å². The molecule has 8 heteroatoms. The number of hydrogen-bond acceptors (Lipinski definition) is 5. The van der Waals surface area contributed by atoms with Gasteiger partial charge in [-0.15, -0.1) is 0 Å². The fourth-order valence-corrected chi connectivity index (χ4v) is 5.26. The average molecular weight is 397 g/mol. The predicted molar refractivity (Wildman–Crippen MR) is 107 cm³/mol. The Labute approximate surface area is 159 Å². The predicted octanol–water partition coefficient (Wildman–Crippen LogP) is 4.69. The van der Waals surface area contributed by atoms with E-state index in [1.54, 1.807) is 12.4 Å². The highest BCUT2D eigenvalue weighted by Crippen LogP contribution is 2.44. The monoisotopic (exact) mass is 396 g/mol. The van der Waals surface area contributed by atoms with E-state index in [1.165, 1.54) is 5.57 Å². The van der Waals surface area contributed by atoms with E-state index in [2.05, 4.69) is 34.5 Å². The summed E-state index contributed by atoms with van der Waals surface area (Å²) in [5, 5.41) is 0.314. The second kappa shape index (κ2) is 7.71. The lowest BCUT2D eigenvalue weighted by molar-refractivity contribution is 0.115. The maximum absolute atomic E-state index is 12.6. The van der Waals surface area contributed by atoms with Crippen LogP contribution in [0, 0.1) is 0 Å². The molecule has 3 rings (SSSR count). The topological polar surface area (TPSA) is 83.0 Å². The fraction of sp³-hybridized carbons (Fsp3) is 0.556. The van der Waals surface area contributed by atoms with Crippen molar-refractivity contribution in [1.29, 1.82) is 0 Å². The molecule has 2 aromatic rings. The van der Waals surface area contributed by atoms with Gasteiger partial charge in [0.2, 0.25) is 0 Å². The van der Waals surface area contributed by atoms with Crippen LogP contribution in [0.3, 0.4) is 0 Å². The first kappa shape index (κ1) is 19.4. The number of nitrogen functional groups attached to an aromatic ring is 1. The molecule has 2 N–H and O–H groups in total. The highest BCUT2D eigenvalue weighted by molar-refractivity contribution is 7.62. The van der Waals surface area contributed by atoms with E-state index in [0.29, 0.717) is 22.8 Å². The average Bonchev–Trinajstić information content (AvgIpc) is 3.14. The van der Waals surface area contributed by atoms with Crippen molar-refractivity contribution in [2.45, 2.75) is 45.3 Å². The number of imidazole rings is 1. The summed E-state index contributed by atoms with van der Waals surface area (Å²) in [6.07, 6.45) is 7.75. The number of pyridine rings is 1. The molecule has 3 atom stereocenters. The normalized spacial score (nSPS) is 22.5. The molecule has 1 unspecified atom stereocenters. The Morgan fingerprint density at radius 3 is 3.00 bits per heavy atom. The number of allylic oxidation sites excluding steroid dienone is 1. The Morgan fingerprint density at radius 1 is 1.50 bits per heavy atom. The van der Waals surface area contributed by atoms with Gasteiger partial charge >= 0.3 is 0 Å². The molecule has 0 radical (unpaired) electrons. The van der Waals surface area contributed by atoms with E-state index in [9.17, 15) is 4.57 Å². The second-order valence-corrected chi connectivity index (χ2v) is 10.9. The van der Waals surface area contributed by atoms with E-state index >= 15 is 0 Å². The highest BCUT2D eigenvalue weighted by Gasteiger charge is 2.29. The Balaban J connectivity index is 1.73. The third-order valence-electron chi connectivity index (χ3n) is 4.85. The second-order valence-electron chi connectivity index (χ2n) is 7.23. The lowest BCUT2D eigenvalue weighted by Gasteiger charge is -2.19. The first-order valence-electron chi connectivity index (χ1n) is 8.94. The van der Waals surface area contributed by atoms with Crippen molar-refractivity contribution >= 4 is 35.6 Å². The van der Waals surface area contributed by atoms with Crippen molar-refractivity contribution in [3.63, 3.8) is 0 Å².